The minimum absolute atomic E-state index is 0.0228. The minimum Gasteiger partial charge on any atom is -0.507 e. The maximum atomic E-state index is 14.7. The molecule has 1 spiro atoms. The van der Waals surface area contributed by atoms with E-state index in [-0.39, 0.29) is 36.7 Å². The van der Waals surface area contributed by atoms with Gasteiger partial charge in [0.2, 0.25) is 6.79 Å². The minimum atomic E-state index is -1.27. The molecule has 0 saturated carbocycles. The molecule has 2 saturated heterocycles. The van der Waals surface area contributed by atoms with E-state index in [2.05, 4.69) is 27.3 Å². The first-order chi connectivity index (χ1) is 25.6. The summed E-state index contributed by atoms with van der Waals surface area (Å²) in [5.41, 5.74) is 4.81. The summed E-state index contributed by atoms with van der Waals surface area (Å²) in [6, 6.07) is 6.01. The maximum Gasteiger partial charge on any atom is 0.331 e. The number of benzene rings is 3. The maximum absolute atomic E-state index is 14.7. The molecule has 3 N–H and O–H groups in total. The van der Waals surface area contributed by atoms with E-state index in [1.54, 1.807) is 21.3 Å². The number of piperazine rings is 1. The Morgan fingerprint density at radius 3 is 2.47 bits per heavy atom. The zero-order chi connectivity index (χ0) is 37.1. The van der Waals surface area contributed by atoms with E-state index in [4.69, 9.17) is 28.4 Å². The molecular weight excluding hydrogens is 701 g/mol. The van der Waals surface area contributed by atoms with Crippen LogP contribution >= 0.6 is 11.8 Å². The molecule has 0 aromatic heterocycles. The second-order valence-corrected chi connectivity index (χ2v) is 15.8. The highest BCUT2D eigenvalue weighted by Gasteiger charge is 2.61. The van der Waals surface area contributed by atoms with Gasteiger partial charge in [-0.3, -0.25) is 15.1 Å². The Hall–Kier alpha value is -4.55. The largest absolute Gasteiger partial charge is 0.507 e. The number of ether oxygens (including phenoxy) is 6. The fraction of sp³-hybridized carbons (Fsp3) is 0.487. The van der Waals surface area contributed by atoms with Gasteiger partial charge in [0.15, 0.2) is 40.0 Å². The summed E-state index contributed by atoms with van der Waals surface area (Å²) >= 11 is 1.52. The molecule has 2 fully saturated rings. The van der Waals surface area contributed by atoms with Gasteiger partial charge >= 0.3 is 5.97 Å². The number of likely N-dealkylation sites (N-methyl/N-ethyl adjacent to an activating group) is 1. The molecule has 10 rings (SSSR count). The van der Waals surface area contributed by atoms with Gasteiger partial charge in [-0.2, -0.15) is 5.26 Å². The predicted octanol–water partition coefficient (Wildman–Crippen LogP) is 4.07. The second-order valence-electron chi connectivity index (χ2n) is 14.7. The smallest absolute Gasteiger partial charge is 0.331 e. The molecule has 7 aliphatic heterocycles. The van der Waals surface area contributed by atoms with Crippen molar-refractivity contribution in [2.24, 2.45) is 0 Å². The Kier molecular flexibility index (Phi) is 7.91. The Morgan fingerprint density at radius 1 is 0.981 bits per heavy atom. The number of nitrogens with zero attached hydrogens (tertiary/aromatic N) is 3. The fourth-order valence-corrected chi connectivity index (χ4v) is 11.8. The number of aryl methyl sites for hydroxylation is 1. The predicted molar refractivity (Wildman–Crippen MR) is 193 cm³/mol. The van der Waals surface area contributed by atoms with Gasteiger partial charge < -0.3 is 38.6 Å². The standard InChI is InChI=1S/C39H42N4O9S/c1-17-9-20-10-22-23(13-40)43-24-14-50-38(46)39(21-12-26(48-5)25(47-4)11-19(21)7-8-41-39)15-53-37(29-28(24)36-35(51-16-52-36)18(2)32(29)44)31(43)30(42(22)3)27(20)33(45)34(17)49-6/h9,11-12,22-24,30-31,37,41,44-45H,7-8,10,14-16H2,1-6H3/t22-,23-,24-,30-,31?,37+,39+/m0/s1. The number of phenols is 2. The van der Waals surface area contributed by atoms with Gasteiger partial charge in [-0.1, -0.05) is 6.07 Å². The number of aromatic hydroxyl groups is 2. The summed E-state index contributed by atoms with van der Waals surface area (Å²) < 4.78 is 35.6. The van der Waals surface area contributed by atoms with Crippen molar-refractivity contribution < 1.29 is 43.4 Å². The molecule has 7 atom stereocenters. The van der Waals surface area contributed by atoms with E-state index in [9.17, 15) is 20.3 Å². The molecule has 0 radical (unpaired) electrons. The van der Waals surface area contributed by atoms with E-state index >= 15 is 0 Å². The van der Waals surface area contributed by atoms with Crippen molar-refractivity contribution in [1.82, 2.24) is 15.1 Å². The van der Waals surface area contributed by atoms with Crippen LogP contribution in [-0.2, 0) is 27.9 Å². The van der Waals surface area contributed by atoms with Gasteiger partial charge in [0.25, 0.3) is 0 Å². The third kappa shape index (κ3) is 4.51. The Morgan fingerprint density at radius 2 is 1.74 bits per heavy atom. The lowest BCUT2D eigenvalue weighted by atomic mass is 9.71. The summed E-state index contributed by atoms with van der Waals surface area (Å²) in [7, 11) is 6.72. The normalized spacial score (nSPS) is 29.6. The van der Waals surface area contributed by atoms with Crippen molar-refractivity contribution >= 4 is 17.7 Å². The number of carbonyl (C=O) groups excluding carboxylic acids is 1. The van der Waals surface area contributed by atoms with Gasteiger partial charge in [0.1, 0.15) is 18.4 Å². The van der Waals surface area contributed by atoms with Gasteiger partial charge in [0.05, 0.1) is 44.7 Å². The number of hydrogen-bond acceptors (Lipinski definition) is 14. The number of fused-ring (bicyclic) bond motifs is 9. The van der Waals surface area contributed by atoms with Crippen LogP contribution in [0.15, 0.2) is 18.2 Å². The van der Waals surface area contributed by atoms with Gasteiger partial charge in [-0.05, 0) is 68.1 Å². The van der Waals surface area contributed by atoms with E-state index in [0.29, 0.717) is 64.8 Å². The zero-order valence-corrected chi connectivity index (χ0v) is 31.3. The molecule has 4 bridgehead atoms. The van der Waals surface area contributed by atoms with Crippen molar-refractivity contribution in [2.75, 3.05) is 54.1 Å². The molecule has 7 heterocycles. The first-order valence-electron chi connectivity index (χ1n) is 17.8. The lowest BCUT2D eigenvalue weighted by Crippen LogP contribution is -2.69. The van der Waals surface area contributed by atoms with Crippen LogP contribution in [0.1, 0.15) is 61.8 Å². The van der Waals surface area contributed by atoms with E-state index in [0.717, 1.165) is 27.8 Å². The molecule has 14 heteroatoms. The number of nitriles is 1. The van der Waals surface area contributed by atoms with E-state index in [1.165, 1.54) is 11.8 Å². The molecule has 0 amide bonds. The number of esters is 1. The van der Waals surface area contributed by atoms with Crippen LogP contribution in [-0.4, -0.2) is 98.2 Å². The van der Waals surface area contributed by atoms with Crippen molar-refractivity contribution in [2.45, 2.75) is 67.7 Å². The van der Waals surface area contributed by atoms with Crippen molar-refractivity contribution in [3.8, 4) is 46.3 Å². The highest BCUT2D eigenvalue weighted by molar-refractivity contribution is 7.99. The Balaban J connectivity index is 1.30. The highest BCUT2D eigenvalue weighted by atomic mass is 32.2. The van der Waals surface area contributed by atoms with Crippen LogP contribution in [0.3, 0.4) is 0 Å². The summed E-state index contributed by atoms with van der Waals surface area (Å²) in [6.45, 7) is 4.10. The van der Waals surface area contributed by atoms with Crippen LogP contribution in [0, 0.1) is 25.2 Å². The summed E-state index contributed by atoms with van der Waals surface area (Å²) in [5, 5.41) is 38.3. The number of rotatable bonds is 3. The molecule has 53 heavy (non-hydrogen) atoms. The number of nitrogens with one attached hydrogen (secondary N) is 1. The van der Waals surface area contributed by atoms with Crippen molar-refractivity contribution in [3.05, 3.63) is 62.7 Å². The van der Waals surface area contributed by atoms with Crippen LogP contribution in [0.25, 0.3) is 0 Å². The second kappa shape index (κ2) is 12.2. The number of phenolic OH excluding ortho intramolecular Hbond substituents is 2. The number of thioether (sulfide) groups is 1. The van der Waals surface area contributed by atoms with Gasteiger partial charge in [0, 0.05) is 46.6 Å². The van der Waals surface area contributed by atoms with Crippen molar-refractivity contribution in [1.29, 1.82) is 5.26 Å². The Labute approximate surface area is 311 Å². The molecule has 0 aliphatic carbocycles. The lowest BCUT2D eigenvalue weighted by molar-refractivity contribution is -0.157. The van der Waals surface area contributed by atoms with Crippen LogP contribution in [0.5, 0.6) is 40.2 Å². The lowest BCUT2D eigenvalue weighted by Gasteiger charge is -2.62. The topological polar surface area (TPSA) is 155 Å². The highest BCUT2D eigenvalue weighted by Crippen LogP contribution is 2.64. The number of methoxy groups -OCH3 is 3. The SMILES string of the molecule is COc1cc2c(cc1OC)[C@@]1(CS[C@@H]3c4c(O)c(C)c5c(c4[C@H](COC1=O)N1C3[C@@H]3c4c(cc(C)c(OC)c4O)C[C@@H]([C@@H]1C#N)N3C)OCO5)NCC2. The first-order valence-corrected chi connectivity index (χ1v) is 18.9. The molecular formula is C39H42N4O9S. The van der Waals surface area contributed by atoms with Crippen LogP contribution in [0.2, 0.25) is 0 Å². The van der Waals surface area contributed by atoms with Crippen molar-refractivity contribution in [3.63, 3.8) is 0 Å². The Bertz CT molecular complexity index is 2120. The summed E-state index contributed by atoms with van der Waals surface area (Å²) in [4.78, 5) is 19.1. The number of carbonyl (C=O) groups is 1. The monoisotopic (exact) mass is 742 g/mol. The van der Waals surface area contributed by atoms with E-state index in [1.807, 2.05) is 33.0 Å². The fourth-order valence-electron chi connectivity index (χ4n) is 10.1. The third-order valence-electron chi connectivity index (χ3n) is 12.4. The van der Waals surface area contributed by atoms with E-state index < -0.39 is 40.9 Å². The van der Waals surface area contributed by atoms with Gasteiger partial charge in [-0.25, -0.2) is 4.79 Å². The average molecular weight is 743 g/mol. The van der Waals surface area contributed by atoms with Gasteiger partial charge in [-0.15, -0.1) is 11.8 Å². The summed E-state index contributed by atoms with van der Waals surface area (Å²) in [5.74, 6) is 2.35. The van der Waals surface area contributed by atoms with Crippen LogP contribution in [0.4, 0.5) is 0 Å². The third-order valence-corrected chi connectivity index (χ3v) is 13.9. The molecule has 7 aliphatic rings. The quantitative estimate of drug-likeness (QED) is 0.330. The summed E-state index contributed by atoms with van der Waals surface area (Å²) in [6.07, 6.45) is 1.19. The number of hydrogen-bond donors (Lipinski definition) is 3. The average Bonchev–Trinajstić information content (AvgIpc) is 3.65. The molecule has 278 valence electrons. The molecule has 3 aromatic rings. The molecule has 1 unspecified atom stereocenters. The first kappa shape index (κ1) is 34.2. The zero-order valence-electron chi connectivity index (χ0n) is 30.4. The molecule has 3 aromatic carbocycles. The van der Waals surface area contributed by atoms with Crippen LogP contribution < -0.4 is 29.0 Å². The molecule has 13 nitrogen and oxygen atoms in total.